The van der Waals surface area contributed by atoms with E-state index in [0.717, 1.165) is 12.8 Å². The van der Waals surface area contributed by atoms with E-state index in [1.54, 1.807) is 12.1 Å². The Morgan fingerprint density at radius 1 is 1.22 bits per heavy atom. The zero-order valence-electron chi connectivity index (χ0n) is 11.3. The molecule has 0 saturated carbocycles. The first-order valence-electron chi connectivity index (χ1n) is 6.75. The molecule has 0 saturated heterocycles. The first kappa shape index (κ1) is 14.7. The van der Waals surface area contributed by atoms with Gasteiger partial charge in [-0.2, -0.15) is 0 Å². The number of hydroxylamine groups is 1. The van der Waals surface area contributed by atoms with E-state index in [2.05, 4.69) is 12.4 Å². The van der Waals surface area contributed by atoms with Crippen LogP contribution in [0.4, 0.5) is 0 Å². The van der Waals surface area contributed by atoms with E-state index < -0.39 is 0 Å². The van der Waals surface area contributed by atoms with E-state index >= 15 is 0 Å². The molecule has 0 aliphatic heterocycles. The van der Waals surface area contributed by atoms with Crippen LogP contribution >= 0.6 is 0 Å². The minimum absolute atomic E-state index is 0.0644. The first-order chi connectivity index (χ1) is 8.74. The Morgan fingerprint density at radius 3 is 2.61 bits per heavy atom. The lowest BCUT2D eigenvalue weighted by atomic mass is 10.1. The Labute approximate surface area is 109 Å². The fraction of sp³-hybridized carbons (Fsp3) is 0.533. The molecule has 0 fully saturated rings. The molecule has 1 N–H and O–H groups in total. The maximum Gasteiger partial charge on any atom is 0.274 e. The molecule has 1 aromatic rings. The van der Waals surface area contributed by atoms with Crippen LogP contribution in [0.3, 0.4) is 0 Å². The summed E-state index contributed by atoms with van der Waals surface area (Å²) in [5, 5.41) is 0. The van der Waals surface area contributed by atoms with E-state index in [0.29, 0.717) is 5.56 Å². The maximum atomic E-state index is 11.7. The molecule has 0 aliphatic carbocycles. The van der Waals surface area contributed by atoms with Gasteiger partial charge in [-0.3, -0.25) is 9.63 Å². The normalized spacial score (nSPS) is 12.1. The molecule has 0 bridgehead atoms. The highest BCUT2D eigenvalue weighted by molar-refractivity contribution is 5.93. The average Bonchev–Trinajstić information content (AvgIpc) is 2.42. The number of rotatable bonds is 8. The highest BCUT2D eigenvalue weighted by Gasteiger charge is 2.07. The molecule has 1 atom stereocenters. The van der Waals surface area contributed by atoms with Gasteiger partial charge in [-0.25, -0.2) is 5.48 Å². The third-order valence-corrected chi connectivity index (χ3v) is 2.85. The van der Waals surface area contributed by atoms with Crippen molar-refractivity contribution < 1.29 is 9.63 Å². The maximum absolute atomic E-state index is 11.7. The standard InChI is InChI=1S/C15H23NO2/c1-3-4-5-7-10-13(2)18-16-15(17)14-11-8-6-9-12-14/h6,8-9,11-13H,3-5,7,10H2,1-2H3,(H,16,17). The molecule has 3 heteroatoms. The molecule has 1 unspecified atom stereocenters. The smallest absolute Gasteiger partial charge is 0.270 e. The molecule has 18 heavy (non-hydrogen) atoms. The quantitative estimate of drug-likeness (QED) is 0.563. The van der Waals surface area contributed by atoms with Crippen LogP contribution in [0.1, 0.15) is 56.3 Å². The fourth-order valence-corrected chi connectivity index (χ4v) is 1.72. The Morgan fingerprint density at radius 2 is 1.94 bits per heavy atom. The third kappa shape index (κ3) is 5.82. The van der Waals surface area contributed by atoms with Crippen molar-refractivity contribution in [3.05, 3.63) is 35.9 Å². The number of amides is 1. The van der Waals surface area contributed by atoms with Gasteiger partial charge in [0.25, 0.3) is 5.91 Å². The Balaban J connectivity index is 2.18. The van der Waals surface area contributed by atoms with Crippen LogP contribution in [0.25, 0.3) is 0 Å². The van der Waals surface area contributed by atoms with Crippen molar-refractivity contribution >= 4 is 5.91 Å². The molecule has 1 aromatic carbocycles. The molecule has 0 spiro atoms. The van der Waals surface area contributed by atoms with Crippen molar-refractivity contribution in [3.8, 4) is 0 Å². The van der Waals surface area contributed by atoms with Gasteiger partial charge in [0, 0.05) is 5.56 Å². The molecular formula is C15H23NO2. The minimum Gasteiger partial charge on any atom is -0.270 e. The van der Waals surface area contributed by atoms with Crippen molar-refractivity contribution in [3.63, 3.8) is 0 Å². The molecule has 3 nitrogen and oxygen atoms in total. The van der Waals surface area contributed by atoms with Crippen LogP contribution < -0.4 is 5.48 Å². The van der Waals surface area contributed by atoms with Gasteiger partial charge in [0.2, 0.25) is 0 Å². The number of hydrogen-bond acceptors (Lipinski definition) is 2. The summed E-state index contributed by atoms with van der Waals surface area (Å²) in [6.07, 6.45) is 5.93. The second-order valence-electron chi connectivity index (χ2n) is 4.58. The molecule has 0 heterocycles. The third-order valence-electron chi connectivity index (χ3n) is 2.85. The summed E-state index contributed by atoms with van der Waals surface area (Å²) >= 11 is 0. The number of hydrogen-bond donors (Lipinski definition) is 1. The van der Waals surface area contributed by atoms with Crippen LogP contribution in [0.2, 0.25) is 0 Å². The van der Waals surface area contributed by atoms with Gasteiger partial charge in [0.05, 0.1) is 6.10 Å². The van der Waals surface area contributed by atoms with E-state index in [1.165, 1.54) is 19.3 Å². The minimum atomic E-state index is -0.184. The average molecular weight is 249 g/mol. The van der Waals surface area contributed by atoms with Crippen LogP contribution in [0.15, 0.2) is 30.3 Å². The van der Waals surface area contributed by atoms with Crippen LogP contribution in [-0.2, 0) is 4.84 Å². The summed E-state index contributed by atoms with van der Waals surface area (Å²) in [6.45, 7) is 4.18. The van der Waals surface area contributed by atoms with Gasteiger partial charge >= 0.3 is 0 Å². The van der Waals surface area contributed by atoms with Gasteiger partial charge in [0.15, 0.2) is 0 Å². The first-order valence-corrected chi connectivity index (χ1v) is 6.75. The van der Waals surface area contributed by atoms with Crippen molar-refractivity contribution in [2.75, 3.05) is 0 Å². The number of benzene rings is 1. The molecule has 0 aliphatic rings. The van der Waals surface area contributed by atoms with Crippen molar-refractivity contribution in [1.29, 1.82) is 0 Å². The zero-order chi connectivity index (χ0) is 13.2. The lowest BCUT2D eigenvalue weighted by Crippen LogP contribution is -2.28. The highest BCUT2D eigenvalue weighted by Crippen LogP contribution is 2.07. The van der Waals surface area contributed by atoms with Crippen molar-refractivity contribution in [2.45, 2.75) is 52.1 Å². The molecular weight excluding hydrogens is 226 g/mol. The van der Waals surface area contributed by atoms with Crippen LogP contribution in [0.5, 0.6) is 0 Å². The molecule has 0 radical (unpaired) electrons. The van der Waals surface area contributed by atoms with E-state index in [4.69, 9.17) is 4.84 Å². The second-order valence-corrected chi connectivity index (χ2v) is 4.58. The largest absolute Gasteiger partial charge is 0.274 e. The van der Waals surface area contributed by atoms with E-state index in [1.807, 2.05) is 25.1 Å². The van der Waals surface area contributed by atoms with Crippen LogP contribution in [0, 0.1) is 0 Å². The number of carbonyl (C=O) groups excluding carboxylic acids is 1. The summed E-state index contributed by atoms with van der Waals surface area (Å²) in [5.41, 5.74) is 3.12. The lowest BCUT2D eigenvalue weighted by Gasteiger charge is -2.13. The Bertz CT molecular complexity index is 338. The molecule has 100 valence electrons. The summed E-state index contributed by atoms with van der Waals surface area (Å²) in [7, 11) is 0. The predicted molar refractivity (Wildman–Crippen MR) is 73.2 cm³/mol. The van der Waals surface area contributed by atoms with E-state index in [-0.39, 0.29) is 12.0 Å². The SMILES string of the molecule is CCCCCCC(C)ONC(=O)c1ccccc1. The highest BCUT2D eigenvalue weighted by atomic mass is 16.7. The zero-order valence-corrected chi connectivity index (χ0v) is 11.3. The Kier molecular flexibility index (Phi) is 7.11. The van der Waals surface area contributed by atoms with Gasteiger partial charge in [0.1, 0.15) is 0 Å². The van der Waals surface area contributed by atoms with Crippen molar-refractivity contribution in [2.24, 2.45) is 0 Å². The molecule has 0 aromatic heterocycles. The summed E-state index contributed by atoms with van der Waals surface area (Å²) < 4.78 is 0. The van der Waals surface area contributed by atoms with Gasteiger partial charge in [-0.15, -0.1) is 0 Å². The number of nitrogens with one attached hydrogen (secondary N) is 1. The predicted octanol–water partition coefficient (Wildman–Crippen LogP) is 3.71. The summed E-state index contributed by atoms with van der Waals surface area (Å²) in [6, 6.07) is 9.09. The van der Waals surface area contributed by atoms with Gasteiger partial charge < -0.3 is 0 Å². The van der Waals surface area contributed by atoms with E-state index in [9.17, 15) is 4.79 Å². The summed E-state index contributed by atoms with van der Waals surface area (Å²) in [5.74, 6) is -0.184. The van der Waals surface area contributed by atoms with Crippen LogP contribution in [-0.4, -0.2) is 12.0 Å². The lowest BCUT2D eigenvalue weighted by molar-refractivity contribution is -0.0119. The topological polar surface area (TPSA) is 38.3 Å². The van der Waals surface area contributed by atoms with Gasteiger partial charge in [-0.05, 0) is 25.5 Å². The summed E-state index contributed by atoms with van der Waals surface area (Å²) in [4.78, 5) is 17.0. The van der Waals surface area contributed by atoms with Crippen molar-refractivity contribution in [1.82, 2.24) is 5.48 Å². The Hall–Kier alpha value is -1.35. The fourth-order valence-electron chi connectivity index (χ4n) is 1.72. The number of carbonyl (C=O) groups is 1. The number of unbranched alkanes of at least 4 members (excludes halogenated alkanes) is 3. The second kappa shape index (κ2) is 8.70. The van der Waals surface area contributed by atoms with Gasteiger partial charge in [-0.1, -0.05) is 50.8 Å². The molecule has 1 rings (SSSR count). The molecule has 1 amide bonds. The monoisotopic (exact) mass is 249 g/mol.